The number of hydrogen-bond acceptors (Lipinski definition) is 2. The lowest BCUT2D eigenvalue weighted by atomic mass is 10.0. The first-order valence-corrected chi connectivity index (χ1v) is 8.69. The van der Waals surface area contributed by atoms with Crippen molar-refractivity contribution < 1.29 is 4.74 Å². The van der Waals surface area contributed by atoms with Gasteiger partial charge in [0.15, 0.2) is 0 Å². The molecule has 1 aliphatic heterocycles. The number of anilines is 1. The summed E-state index contributed by atoms with van der Waals surface area (Å²) in [6.45, 7) is 0.860. The summed E-state index contributed by atoms with van der Waals surface area (Å²) in [5.74, 6) is 1.36. The highest BCUT2D eigenvalue weighted by Gasteiger charge is 2.21. The Morgan fingerprint density at radius 1 is 0.962 bits per heavy atom. The van der Waals surface area contributed by atoms with E-state index >= 15 is 0 Å². The van der Waals surface area contributed by atoms with Gasteiger partial charge in [0, 0.05) is 17.8 Å². The molecule has 2 N–H and O–H groups in total. The smallest absolute Gasteiger partial charge is 0.201 e. The number of hydrogen-bond donors (Lipinski definition) is 1. The number of nitrogens with two attached hydrogens (primary N) is 1. The molecule has 130 valence electrons. The standard InChI is InChI=1S/C22H21N3O/c1-26-18-12-10-16(11-13-18)19-7-3-4-8-20(19)24-22(23)25-15-14-17-6-2-5-9-21(17)25/h2-13H,14-15H2,1H3,(H2,23,24). The molecule has 3 aromatic carbocycles. The van der Waals surface area contributed by atoms with Crippen LogP contribution in [0.25, 0.3) is 11.1 Å². The highest BCUT2D eigenvalue weighted by Crippen LogP contribution is 2.32. The van der Waals surface area contributed by atoms with Crippen molar-refractivity contribution in [3.8, 4) is 16.9 Å². The molecule has 0 aromatic heterocycles. The summed E-state index contributed by atoms with van der Waals surface area (Å²) in [5, 5.41) is 0. The number of methoxy groups -OCH3 is 1. The van der Waals surface area contributed by atoms with Gasteiger partial charge in [0.2, 0.25) is 5.96 Å². The van der Waals surface area contributed by atoms with E-state index in [1.807, 2.05) is 48.5 Å². The second-order valence-corrected chi connectivity index (χ2v) is 6.25. The molecule has 26 heavy (non-hydrogen) atoms. The second kappa shape index (κ2) is 6.92. The zero-order valence-electron chi connectivity index (χ0n) is 14.7. The predicted octanol–water partition coefficient (Wildman–Crippen LogP) is 4.37. The van der Waals surface area contributed by atoms with Gasteiger partial charge in [-0.05, 0) is 41.8 Å². The van der Waals surface area contributed by atoms with Gasteiger partial charge in [0.05, 0.1) is 12.8 Å². The summed E-state index contributed by atoms with van der Waals surface area (Å²) in [6.07, 6.45) is 0.993. The fraction of sp³-hybridized carbons (Fsp3) is 0.136. The zero-order valence-corrected chi connectivity index (χ0v) is 14.7. The molecule has 0 aliphatic carbocycles. The molecule has 1 heterocycles. The number of para-hydroxylation sites is 2. The Morgan fingerprint density at radius 2 is 1.69 bits per heavy atom. The third-order valence-corrected chi connectivity index (χ3v) is 4.70. The topological polar surface area (TPSA) is 50.9 Å². The number of benzene rings is 3. The maximum Gasteiger partial charge on any atom is 0.201 e. The number of ether oxygens (including phenoxy) is 1. The minimum atomic E-state index is 0.524. The van der Waals surface area contributed by atoms with E-state index in [9.17, 15) is 0 Å². The van der Waals surface area contributed by atoms with E-state index < -0.39 is 0 Å². The van der Waals surface area contributed by atoms with Crippen molar-refractivity contribution in [2.45, 2.75) is 6.42 Å². The van der Waals surface area contributed by atoms with Gasteiger partial charge >= 0.3 is 0 Å². The largest absolute Gasteiger partial charge is 0.497 e. The van der Waals surface area contributed by atoms with Crippen molar-refractivity contribution in [2.75, 3.05) is 18.6 Å². The molecule has 0 fully saturated rings. The molecule has 4 heteroatoms. The number of nitrogens with zero attached hydrogens (tertiary/aromatic N) is 2. The maximum absolute atomic E-state index is 6.37. The minimum Gasteiger partial charge on any atom is -0.497 e. The van der Waals surface area contributed by atoms with Crippen LogP contribution >= 0.6 is 0 Å². The van der Waals surface area contributed by atoms with E-state index in [-0.39, 0.29) is 0 Å². The van der Waals surface area contributed by atoms with Gasteiger partial charge in [-0.15, -0.1) is 0 Å². The quantitative estimate of drug-likeness (QED) is 0.567. The summed E-state index contributed by atoms with van der Waals surface area (Å²) >= 11 is 0. The van der Waals surface area contributed by atoms with E-state index in [0.717, 1.165) is 41.2 Å². The molecule has 0 bridgehead atoms. The third kappa shape index (κ3) is 3.02. The average Bonchev–Trinajstić information content (AvgIpc) is 3.13. The Bertz CT molecular complexity index is 948. The number of fused-ring (bicyclic) bond motifs is 1. The summed E-state index contributed by atoms with van der Waals surface area (Å²) in [6, 6.07) is 24.4. The maximum atomic E-state index is 6.37. The highest BCUT2D eigenvalue weighted by atomic mass is 16.5. The lowest BCUT2D eigenvalue weighted by Gasteiger charge is -2.18. The Balaban J connectivity index is 1.69. The Labute approximate surface area is 153 Å². The van der Waals surface area contributed by atoms with Gasteiger partial charge in [0.1, 0.15) is 5.75 Å². The molecule has 0 unspecified atom stereocenters. The van der Waals surface area contributed by atoms with Crippen molar-refractivity contribution in [3.05, 3.63) is 78.4 Å². The van der Waals surface area contributed by atoms with Crippen LogP contribution in [0.3, 0.4) is 0 Å². The van der Waals surface area contributed by atoms with Gasteiger partial charge < -0.3 is 15.4 Å². The van der Waals surface area contributed by atoms with Crippen molar-refractivity contribution >= 4 is 17.3 Å². The number of aliphatic imine (C=N–C) groups is 1. The normalized spacial score (nSPS) is 13.6. The van der Waals surface area contributed by atoms with E-state index in [1.165, 1.54) is 5.56 Å². The first-order chi connectivity index (χ1) is 12.8. The Hall–Kier alpha value is -3.27. The van der Waals surface area contributed by atoms with E-state index in [4.69, 9.17) is 15.5 Å². The molecule has 0 saturated heterocycles. The minimum absolute atomic E-state index is 0.524. The van der Waals surface area contributed by atoms with Crippen LogP contribution in [0.1, 0.15) is 5.56 Å². The van der Waals surface area contributed by atoms with Gasteiger partial charge in [-0.1, -0.05) is 48.5 Å². The van der Waals surface area contributed by atoms with Gasteiger partial charge in [-0.2, -0.15) is 0 Å². The SMILES string of the molecule is COc1ccc(-c2ccccc2N=C(N)N2CCc3ccccc32)cc1. The van der Waals surface area contributed by atoms with Crippen molar-refractivity contribution in [3.63, 3.8) is 0 Å². The van der Waals surface area contributed by atoms with E-state index in [1.54, 1.807) is 7.11 Å². The van der Waals surface area contributed by atoms with Crippen molar-refractivity contribution in [1.29, 1.82) is 0 Å². The lowest BCUT2D eigenvalue weighted by molar-refractivity contribution is 0.415. The Kier molecular flexibility index (Phi) is 4.32. The van der Waals surface area contributed by atoms with Crippen molar-refractivity contribution in [1.82, 2.24) is 0 Å². The first-order valence-electron chi connectivity index (χ1n) is 8.69. The molecule has 0 radical (unpaired) electrons. The zero-order chi connectivity index (χ0) is 17.9. The molecule has 4 nitrogen and oxygen atoms in total. The summed E-state index contributed by atoms with van der Waals surface area (Å²) < 4.78 is 5.25. The van der Waals surface area contributed by atoms with Crippen LogP contribution in [0.5, 0.6) is 5.75 Å². The molecule has 0 saturated carbocycles. The average molecular weight is 343 g/mol. The second-order valence-electron chi connectivity index (χ2n) is 6.25. The van der Waals surface area contributed by atoms with Gasteiger partial charge in [-0.3, -0.25) is 0 Å². The molecular formula is C22H21N3O. The number of rotatable bonds is 3. The van der Waals surface area contributed by atoms with E-state index in [2.05, 4.69) is 29.2 Å². The van der Waals surface area contributed by atoms with Crippen LogP contribution in [-0.4, -0.2) is 19.6 Å². The molecule has 4 rings (SSSR count). The highest BCUT2D eigenvalue weighted by molar-refractivity contribution is 5.99. The number of guanidine groups is 1. The van der Waals surface area contributed by atoms with Gasteiger partial charge in [0.25, 0.3) is 0 Å². The fourth-order valence-corrected chi connectivity index (χ4v) is 3.35. The van der Waals surface area contributed by atoms with Crippen LogP contribution in [0, 0.1) is 0 Å². The molecule has 3 aromatic rings. The van der Waals surface area contributed by atoms with Crippen LogP contribution < -0.4 is 15.4 Å². The molecule has 0 atom stereocenters. The van der Waals surface area contributed by atoms with Crippen LogP contribution in [-0.2, 0) is 6.42 Å². The van der Waals surface area contributed by atoms with Crippen LogP contribution in [0.4, 0.5) is 11.4 Å². The molecular weight excluding hydrogens is 322 g/mol. The summed E-state index contributed by atoms with van der Waals surface area (Å²) in [7, 11) is 1.67. The molecule has 0 spiro atoms. The summed E-state index contributed by atoms with van der Waals surface area (Å²) in [4.78, 5) is 6.83. The van der Waals surface area contributed by atoms with Crippen molar-refractivity contribution in [2.24, 2.45) is 10.7 Å². The van der Waals surface area contributed by atoms with E-state index in [0.29, 0.717) is 5.96 Å². The van der Waals surface area contributed by atoms with Crippen LogP contribution in [0.15, 0.2) is 77.8 Å². The monoisotopic (exact) mass is 343 g/mol. The predicted molar refractivity (Wildman–Crippen MR) is 107 cm³/mol. The lowest BCUT2D eigenvalue weighted by Crippen LogP contribution is -2.35. The van der Waals surface area contributed by atoms with Gasteiger partial charge in [-0.25, -0.2) is 4.99 Å². The van der Waals surface area contributed by atoms with Crippen LogP contribution in [0.2, 0.25) is 0 Å². The summed E-state index contributed by atoms with van der Waals surface area (Å²) in [5.41, 5.74) is 11.8. The first kappa shape index (κ1) is 16.2. The molecule has 0 amide bonds. The fourth-order valence-electron chi connectivity index (χ4n) is 3.35. The molecule has 1 aliphatic rings. The Morgan fingerprint density at radius 3 is 2.50 bits per heavy atom. The third-order valence-electron chi connectivity index (χ3n) is 4.70.